The van der Waals surface area contributed by atoms with Crippen LogP contribution in [0.4, 0.5) is 0 Å². The molecule has 1 aromatic heterocycles. The van der Waals surface area contributed by atoms with E-state index in [1.165, 1.54) is 4.90 Å². The third kappa shape index (κ3) is 2.13. The first-order chi connectivity index (χ1) is 7.72. The molecule has 1 aromatic carbocycles. The molecule has 2 aromatic rings. The van der Waals surface area contributed by atoms with E-state index in [2.05, 4.69) is 11.1 Å². The van der Waals surface area contributed by atoms with E-state index in [9.17, 15) is 0 Å². The molecule has 1 heterocycles. The van der Waals surface area contributed by atoms with Crippen LogP contribution in [0.15, 0.2) is 39.8 Å². The van der Waals surface area contributed by atoms with Gasteiger partial charge in [-0.15, -0.1) is 11.8 Å². The summed E-state index contributed by atoms with van der Waals surface area (Å²) in [6, 6.07) is 7.92. The third-order valence-corrected chi connectivity index (χ3v) is 3.08. The van der Waals surface area contributed by atoms with Crippen molar-refractivity contribution in [3.05, 3.63) is 36.4 Å². The normalized spacial score (nSPS) is 12.7. The fourth-order valence-corrected chi connectivity index (χ4v) is 2.07. The van der Waals surface area contributed by atoms with E-state index in [1.807, 2.05) is 31.4 Å². The second-order valence-electron chi connectivity index (χ2n) is 3.55. The van der Waals surface area contributed by atoms with Gasteiger partial charge in [0.2, 0.25) is 5.89 Å². The number of nitrogens with two attached hydrogens (primary N) is 1. The van der Waals surface area contributed by atoms with Crippen molar-refractivity contribution in [3.8, 4) is 11.3 Å². The van der Waals surface area contributed by atoms with Gasteiger partial charge in [-0.3, -0.25) is 0 Å². The van der Waals surface area contributed by atoms with E-state index < -0.39 is 0 Å². The average Bonchev–Trinajstić information content (AvgIpc) is 2.78. The predicted octanol–water partition coefficient (Wildman–Crippen LogP) is 3.08. The molecule has 1 atom stereocenters. The number of rotatable bonds is 3. The van der Waals surface area contributed by atoms with Crippen LogP contribution in [-0.4, -0.2) is 11.2 Å². The number of oxazole rings is 1. The average molecular weight is 234 g/mol. The number of hydrogen-bond acceptors (Lipinski definition) is 4. The number of nitrogens with zero attached hydrogens (tertiary/aromatic N) is 1. The zero-order valence-corrected chi connectivity index (χ0v) is 10.1. The van der Waals surface area contributed by atoms with Crippen molar-refractivity contribution in [2.24, 2.45) is 5.73 Å². The molecule has 0 amide bonds. The highest BCUT2D eigenvalue weighted by atomic mass is 32.2. The highest BCUT2D eigenvalue weighted by molar-refractivity contribution is 7.98. The summed E-state index contributed by atoms with van der Waals surface area (Å²) in [7, 11) is 0. The molecule has 84 valence electrons. The van der Waals surface area contributed by atoms with Gasteiger partial charge < -0.3 is 10.2 Å². The van der Waals surface area contributed by atoms with Gasteiger partial charge in [-0.25, -0.2) is 4.98 Å². The van der Waals surface area contributed by atoms with Gasteiger partial charge in [-0.2, -0.15) is 0 Å². The Kier molecular flexibility index (Phi) is 3.31. The van der Waals surface area contributed by atoms with Crippen LogP contribution in [0.25, 0.3) is 11.3 Å². The van der Waals surface area contributed by atoms with Gasteiger partial charge in [-0.1, -0.05) is 18.2 Å². The summed E-state index contributed by atoms with van der Waals surface area (Å²) in [5, 5.41) is 0. The van der Waals surface area contributed by atoms with Crippen LogP contribution >= 0.6 is 11.8 Å². The zero-order chi connectivity index (χ0) is 11.5. The number of thioether (sulfide) groups is 1. The Morgan fingerprint density at radius 3 is 2.75 bits per heavy atom. The molecule has 4 heteroatoms. The predicted molar refractivity (Wildman–Crippen MR) is 66.3 cm³/mol. The standard InChI is InChI=1S/C12H14N2OS/c1-8(13)12-14-7-10(15-12)9-5-3-4-6-11(9)16-2/h3-8H,13H2,1-2H3. The SMILES string of the molecule is CSc1ccccc1-c1cnc(C(C)N)o1. The van der Waals surface area contributed by atoms with Gasteiger partial charge >= 0.3 is 0 Å². The number of hydrogen-bond donors (Lipinski definition) is 1. The highest BCUT2D eigenvalue weighted by Gasteiger charge is 2.11. The maximum atomic E-state index is 5.71. The molecule has 0 aliphatic rings. The van der Waals surface area contributed by atoms with Crippen molar-refractivity contribution in [2.75, 3.05) is 6.26 Å². The van der Waals surface area contributed by atoms with Gasteiger partial charge in [0, 0.05) is 10.5 Å². The smallest absolute Gasteiger partial charge is 0.211 e. The van der Waals surface area contributed by atoms with Crippen LogP contribution in [0, 0.1) is 0 Å². The molecule has 2 N–H and O–H groups in total. The van der Waals surface area contributed by atoms with E-state index in [1.54, 1.807) is 18.0 Å². The Labute approximate surface area is 99.1 Å². The largest absolute Gasteiger partial charge is 0.439 e. The Hall–Kier alpha value is -1.26. The van der Waals surface area contributed by atoms with E-state index in [0.717, 1.165) is 11.3 Å². The molecule has 0 radical (unpaired) electrons. The molecule has 0 saturated carbocycles. The quantitative estimate of drug-likeness (QED) is 0.829. The molecule has 16 heavy (non-hydrogen) atoms. The molecule has 3 nitrogen and oxygen atoms in total. The third-order valence-electron chi connectivity index (χ3n) is 2.29. The molecule has 2 rings (SSSR count). The first kappa shape index (κ1) is 11.2. The summed E-state index contributed by atoms with van der Waals surface area (Å²) in [5.74, 6) is 1.35. The van der Waals surface area contributed by atoms with Crippen LogP contribution < -0.4 is 5.73 Å². The van der Waals surface area contributed by atoms with Gasteiger partial charge in [0.1, 0.15) is 0 Å². The molecule has 0 bridgehead atoms. The van der Waals surface area contributed by atoms with Gasteiger partial charge in [-0.05, 0) is 19.2 Å². The van der Waals surface area contributed by atoms with E-state index >= 15 is 0 Å². The Bertz CT molecular complexity index is 479. The number of benzene rings is 1. The molecule has 1 unspecified atom stereocenters. The van der Waals surface area contributed by atoms with E-state index in [4.69, 9.17) is 10.2 Å². The van der Waals surface area contributed by atoms with Crippen LogP contribution in [-0.2, 0) is 0 Å². The van der Waals surface area contributed by atoms with Crippen molar-refractivity contribution in [1.29, 1.82) is 0 Å². The fourth-order valence-electron chi connectivity index (χ4n) is 1.47. The Morgan fingerprint density at radius 2 is 2.12 bits per heavy atom. The Balaban J connectivity index is 2.42. The van der Waals surface area contributed by atoms with Crippen LogP contribution in [0.3, 0.4) is 0 Å². The molecule has 0 fully saturated rings. The fraction of sp³-hybridized carbons (Fsp3) is 0.250. The second-order valence-corrected chi connectivity index (χ2v) is 4.40. The van der Waals surface area contributed by atoms with E-state index in [0.29, 0.717) is 5.89 Å². The van der Waals surface area contributed by atoms with Crippen LogP contribution in [0.2, 0.25) is 0 Å². The summed E-state index contributed by atoms with van der Waals surface area (Å²) >= 11 is 1.69. The monoisotopic (exact) mass is 234 g/mol. The lowest BCUT2D eigenvalue weighted by Gasteiger charge is -2.03. The first-order valence-corrected chi connectivity index (χ1v) is 6.29. The minimum Gasteiger partial charge on any atom is -0.439 e. The lowest BCUT2D eigenvalue weighted by molar-refractivity contribution is 0.473. The maximum Gasteiger partial charge on any atom is 0.211 e. The summed E-state index contributed by atoms with van der Waals surface area (Å²) in [5.41, 5.74) is 6.78. The summed E-state index contributed by atoms with van der Waals surface area (Å²) < 4.78 is 5.62. The van der Waals surface area contributed by atoms with Gasteiger partial charge in [0.15, 0.2) is 5.76 Å². The molecule has 0 saturated heterocycles. The summed E-state index contributed by atoms with van der Waals surface area (Å²) in [4.78, 5) is 5.34. The molecule has 0 aliphatic carbocycles. The van der Waals surface area contributed by atoms with Crippen molar-refractivity contribution in [2.45, 2.75) is 17.9 Å². The topological polar surface area (TPSA) is 52.0 Å². The van der Waals surface area contributed by atoms with E-state index in [-0.39, 0.29) is 6.04 Å². The lowest BCUT2D eigenvalue weighted by atomic mass is 10.2. The van der Waals surface area contributed by atoms with Crippen LogP contribution in [0.5, 0.6) is 0 Å². The Morgan fingerprint density at radius 1 is 1.38 bits per heavy atom. The van der Waals surface area contributed by atoms with Gasteiger partial charge in [0.25, 0.3) is 0 Å². The second kappa shape index (κ2) is 4.72. The molecular weight excluding hydrogens is 220 g/mol. The summed E-state index contributed by atoms with van der Waals surface area (Å²) in [6.07, 6.45) is 3.77. The first-order valence-electron chi connectivity index (χ1n) is 5.07. The molecular formula is C12H14N2OS. The molecule has 0 aliphatic heterocycles. The van der Waals surface area contributed by atoms with Gasteiger partial charge in [0.05, 0.1) is 12.2 Å². The molecule has 0 spiro atoms. The van der Waals surface area contributed by atoms with Crippen molar-refractivity contribution in [3.63, 3.8) is 0 Å². The summed E-state index contributed by atoms with van der Waals surface area (Å²) in [6.45, 7) is 1.86. The highest BCUT2D eigenvalue weighted by Crippen LogP contribution is 2.30. The van der Waals surface area contributed by atoms with Crippen molar-refractivity contribution < 1.29 is 4.42 Å². The lowest BCUT2D eigenvalue weighted by Crippen LogP contribution is -2.04. The van der Waals surface area contributed by atoms with Crippen molar-refractivity contribution >= 4 is 11.8 Å². The van der Waals surface area contributed by atoms with Crippen LogP contribution in [0.1, 0.15) is 18.9 Å². The maximum absolute atomic E-state index is 5.71. The minimum atomic E-state index is -0.171. The minimum absolute atomic E-state index is 0.171. The van der Waals surface area contributed by atoms with Crippen molar-refractivity contribution in [1.82, 2.24) is 4.98 Å². The zero-order valence-electron chi connectivity index (χ0n) is 9.31. The number of aromatic nitrogens is 1.